The summed E-state index contributed by atoms with van der Waals surface area (Å²) in [6.07, 6.45) is 2.76. The van der Waals surface area contributed by atoms with Gasteiger partial charge in [0.05, 0.1) is 17.5 Å². The molecular weight excluding hydrogens is 444 g/mol. The summed E-state index contributed by atoms with van der Waals surface area (Å²) < 4.78 is 7.87. The van der Waals surface area contributed by atoms with Crippen molar-refractivity contribution in [2.75, 3.05) is 6.61 Å². The molecule has 0 aliphatic heterocycles. The van der Waals surface area contributed by atoms with Gasteiger partial charge in [-0.2, -0.15) is 0 Å². The normalized spacial score (nSPS) is 11.3. The molecule has 4 aromatic rings. The average molecular weight is 475 g/mol. The van der Waals surface area contributed by atoms with Crippen LogP contribution in [0.1, 0.15) is 50.2 Å². The summed E-state index contributed by atoms with van der Waals surface area (Å²) in [5.41, 5.74) is 4.04. The first-order valence-electron chi connectivity index (χ1n) is 11.9. The van der Waals surface area contributed by atoms with E-state index < -0.39 is 0 Å². The van der Waals surface area contributed by atoms with Gasteiger partial charge in [-0.25, -0.2) is 4.98 Å². The molecule has 0 aliphatic rings. The van der Waals surface area contributed by atoms with Crippen molar-refractivity contribution in [1.82, 2.24) is 9.55 Å². The van der Waals surface area contributed by atoms with E-state index in [1.54, 1.807) is 4.57 Å². The van der Waals surface area contributed by atoms with Crippen LogP contribution in [0.15, 0.2) is 71.5 Å². The second-order valence-electron chi connectivity index (χ2n) is 9.00. The molecule has 1 aromatic heterocycles. The molecule has 176 valence electrons. The van der Waals surface area contributed by atoms with Crippen molar-refractivity contribution < 1.29 is 4.74 Å². The van der Waals surface area contributed by atoms with Gasteiger partial charge in [0.1, 0.15) is 11.6 Å². The van der Waals surface area contributed by atoms with Gasteiger partial charge in [0.15, 0.2) is 0 Å². The van der Waals surface area contributed by atoms with Gasteiger partial charge < -0.3 is 4.74 Å². The topological polar surface area (TPSA) is 44.1 Å². The van der Waals surface area contributed by atoms with Crippen molar-refractivity contribution in [2.24, 2.45) is 0 Å². The van der Waals surface area contributed by atoms with E-state index in [-0.39, 0.29) is 5.56 Å². The molecule has 0 unspecified atom stereocenters. The smallest absolute Gasteiger partial charge is 0.261 e. The number of para-hydroxylation sites is 1. The third-order valence-electron chi connectivity index (χ3n) is 6.13. The van der Waals surface area contributed by atoms with E-state index in [4.69, 9.17) is 21.3 Å². The fourth-order valence-corrected chi connectivity index (χ4v) is 4.18. The Labute approximate surface area is 206 Å². The predicted octanol–water partition coefficient (Wildman–Crippen LogP) is 7.40. The van der Waals surface area contributed by atoms with Crippen LogP contribution in [0.25, 0.3) is 22.3 Å². The SMILES string of the molecule is Cc1ccc(C(C)C)cc1OCCCCCn1c(-c2ccc(Cl)cc2)nc2ccccc2c1=O. The van der Waals surface area contributed by atoms with Crippen LogP contribution < -0.4 is 10.3 Å². The summed E-state index contributed by atoms with van der Waals surface area (Å²) in [6.45, 7) is 7.73. The van der Waals surface area contributed by atoms with Crippen LogP contribution in [0, 0.1) is 6.92 Å². The molecule has 5 heteroatoms. The maximum atomic E-state index is 13.3. The number of nitrogens with zero attached hydrogens (tertiary/aromatic N) is 2. The summed E-state index contributed by atoms with van der Waals surface area (Å²) in [6, 6.07) is 21.4. The van der Waals surface area contributed by atoms with E-state index in [9.17, 15) is 4.79 Å². The van der Waals surface area contributed by atoms with E-state index in [1.165, 1.54) is 5.56 Å². The molecule has 0 fully saturated rings. The lowest BCUT2D eigenvalue weighted by Gasteiger charge is -2.15. The van der Waals surface area contributed by atoms with E-state index in [1.807, 2.05) is 48.5 Å². The molecule has 0 saturated heterocycles. The molecule has 0 aliphatic carbocycles. The Bertz CT molecular complexity index is 1330. The first-order valence-corrected chi connectivity index (χ1v) is 12.3. The van der Waals surface area contributed by atoms with Gasteiger partial charge >= 0.3 is 0 Å². The Kier molecular flexibility index (Phi) is 7.69. The van der Waals surface area contributed by atoms with Crippen LogP contribution in [-0.4, -0.2) is 16.2 Å². The Hall–Kier alpha value is -3.11. The summed E-state index contributed by atoms with van der Waals surface area (Å²) in [4.78, 5) is 18.1. The molecule has 3 aromatic carbocycles. The highest BCUT2D eigenvalue weighted by molar-refractivity contribution is 6.30. The van der Waals surface area contributed by atoms with Crippen molar-refractivity contribution in [3.05, 3.63) is 93.2 Å². The van der Waals surface area contributed by atoms with E-state index in [2.05, 4.69) is 39.0 Å². The first kappa shape index (κ1) is 24.0. The van der Waals surface area contributed by atoms with Gasteiger partial charge in [-0.05, 0) is 85.7 Å². The van der Waals surface area contributed by atoms with E-state index in [0.29, 0.717) is 40.8 Å². The number of hydrogen-bond acceptors (Lipinski definition) is 3. The van der Waals surface area contributed by atoms with Crippen LogP contribution in [0.5, 0.6) is 5.75 Å². The van der Waals surface area contributed by atoms with Crippen molar-refractivity contribution in [1.29, 1.82) is 0 Å². The van der Waals surface area contributed by atoms with Crippen molar-refractivity contribution in [3.63, 3.8) is 0 Å². The van der Waals surface area contributed by atoms with Crippen LogP contribution in [0.2, 0.25) is 5.02 Å². The molecule has 34 heavy (non-hydrogen) atoms. The van der Waals surface area contributed by atoms with Crippen molar-refractivity contribution >= 4 is 22.5 Å². The number of aryl methyl sites for hydroxylation is 1. The van der Waals surface area contributed by atoms with Crippen molar-refractivity contribution in [2.45, 2.75) is 52.5 Å². The molecule has 4 nitrogen and oxygen atoms in total. The standard InChI is InChI=1S/C29H31ClN2O2/c1-20(2)23-12-11-21(3)27(19-23)34-18-8-4-7-17-32-28(22-13-15-24(30)16-14-22)31-26-10-6-5-9-25(26)29(32)33/h5-6,9-16,19-20H,4,7-8,17-18H2,1-3H3. The van der Waals surface area contributed by atoms with Gasteiger partial charge in [-0.1, -0.05) is 49.7 Å². The number of aromatic nitrogens is 2. The Morgan fingerprint density at radius 3 is 2.50 bits per heavy atom. The third-order valence-corrected chi connectivity index (χ3v) is 6.38. The second-order valence-corrected chi connectivity index (χ2v) is 9.44. The van der Waals surface area contributed by atoms with Crippen LogP contribution in [0.4, 0.5) is 0 Å². The van der Waals surface area contributed by atoms with Gasteiger partial charge in [0, 0.05) is 17.1 Å². The molecule has 0 N–H and O–H groups in total. The zero-order chi connectivity index (χ0) is 24.1. The minimum atomic E-state index is -0.00655. The Morgan fingerprint density at radius 1 is 0.971 bits per heavy atom. The zero-order valence-corrected chi connectivity index (χ0v) is 20.8. The van der Waals surface area contributed by atoms with E-state index in [0.717, 1.165) is 36.1 Å². The summed E-state index contributed by atoms with van der Waals surface area (Å²) in [5, 5.41) is 1.30. The van der Waals surface area contributed by atoms with Crippen molar-refractivity contribution in [3.8, 4) is 17.1 Å². The van der Waals surface area contributed by atoms with Crippen LogP contribution in [-0.2, 0) is 6.54 Å². The highest BCUT2D eigenvalue weighted by Gasteiger charge is 2.13. The number of unbranched alkanes of at least 4 members (excludes halogenated alkanes) is 2. The average Bonchev–Trinajstić information content (AvgIpc) is 2.83. The maximum absolute atomic E-state index is 13.3. The molecule has 4 rings (SSSR count). The van der Waals surface area contributed by atoms with Crippen LogP contribution >= 0.6 is 11.6 Å². The lowest BCUT2D eigenvalue weighted by Crippen LogP contribution is -2.23. The number of hydrogen-bond donors (Lipinski definition) is 0. The monoisotopic (exact) mass is 474 g/mol. The molecule has 0 spiro atoms. The first-order chi connectivity index (χ1) is 16.4. The number of fused-ring (bicyclic) bond motifs is 1. The predicted molar refractivity (Wildman–Crippen MR) is 141 cm³/mol. The molecule has 0 amide bonds. The second kappa shape index (κ2) is 10.9. The number of rotatable bonds is 9. The summed E-state index contributed by atoms with van der Waals surface area (Å²) >= 11 is 6.07. The fraction of sp³-hybridized carbons (Fsp3) is 0.310. The van der Waals surface area contributed by atoms with E-state index >= 15 is 0 Å². The zero-order valence-electron chi connectivity index (χ0n) is 20.1. The minimum absolute atomic E-state index is 0.00655. The van der Waals surface area contributed by atoms with Gasteiger partial charge in [0.25, 0.3) is 5.56 Å². The number of benzene rings is 3. The fourth-order valence-electron chi connectivity index (χ4n) is 4.06. The van der Waals surface area contributed by atoms with Crippen LogP contribution in [0.3, 0.4) is 0 Å². The quantitative estimate of drug-likeness (QED) is 0.237. The molecule has 0 radical (unpaired) electrons. The number of halogens is 1. The van der Waals surface area contributed by atoms with Gasteiger partial charge in [-0.15, -0.1) is 0 Å². The minimum Gasteiger partial charge on any atom is -0.493 e. The molecule has 0 saturated carbocycles. The van der Waals surface area contributed by atoms with Gasteiger partial charge in [-0.3, -0.25) is 9.36 Å². The largest absolute Gasteiger partial charge is 0.493 e. The Balaban J connectivity index is 1.44. The maximum Gasteiger partial charge on any atom is 0.261 e. The highest BCUT2D eigenvalue weighted by Crippen LogP contribution is 2.25. The summed E-state index contributed by atoms with van der Waals surface area (Å²) in [7, 11) is 0. The Morgan fingerprint density at radius 2 is 1.74 bits per heavy atom. The molecule has 0 atom stereocenters. The lowest BCUT2D eigenvalue weighted by atomic mass is 10.0. The molecular formula is C29H31ClN2O2. The van der Waals surface area contributed by atoms with Gasteiger partial charge in [0.2, 0.25) is 0 Å². The molecule has 1 heterocycles. The highest BCUT2D eigenvalue weighted by atomic mass is 35.5. The third kappa shape index (κ3) is 5.51. The number of ether oxygens (including phenoxy) is 1. The lowest BCUT2D eigenvalue weighted by molar-refractivity contribution is 0.301. The summed E-state index contributed by atoms with van der Waals surface area (Å²) in [5.74, 6) is 2.12. The molecule has 0 bridgehead atoms.